The Hall–Kier alpha value is -3.49. The number of hydrazone groups is 1. The number of halogens is 3. The van der Waals surface area contributed by atoms with Crippen LogP contribution in [0.4, 0.5) is 10.1 Å². The van der Waals surface area contributed by atoms with Gasteiger partial charge in [-0.05, 0) is 23.8 Å². The van der Waals surface area contributed by atoms with Crippen LogP contribution in [0.1, 0.15) is 16.7 Å². The molecule has 0 bridgehead atoms. The van der Waals surface area contributed by atoms with Crippen molar-refractivity contribution >= 4 is 41.0 Å². The first-order chi connectivity index (χ1) is 15.3. The highest BCUT2D eigenvalue weighted by atomic mass is 35.5. The van der Waals surface area contributed by atoms with Gasteiger partial charge in [-0.1, -0.05) is 59.6 Å². The molecule has 0 heterocycles. The van der Waals surface area contributed by atoms with E-state index in [0.29, 0.717) is 11.1 Å². The van der Waals surface area contributed by atoms with Gasteiger partial charge in [-0.25, -0.2) is 9.82 Å². The number of nitro groups is 1. The lowest BCUT2D eigenvalue weighted by molar-refractivity contribution is -0.385. The molecule has 0 radical (unpaired) electrons. The minimum absolute atomic E-state index is 0.0543. The van der Waals surface area contributed by atoms with Crippen molar-refractivity contribution in [1.82, 2.24) is 5.43 Å². The van der Waals surface area contributed by atoms with E-state index in [1.165, 1.54) is 42.6 Å². The third-order valence-electron chi connectivity index (χ3n) is 4.29. The number of benzene rings is 3. The van der Waals surface area contributed by atoms with Crippen LogP contribution in [0.25, 0.3) is 0 Å². The molecule has 0 aliphatic heterocycles. The molecule has 3 rings (SSSR count). The predicted octanol–water partition coefficient (Wildman–Crippen LogP) is 5.31. The van der Waals surface area contributed by atoms with Gasteiger partial charge in [0.1, 0.15) is 12.4 Å². The first-order valence-corrected chi connectivity index (χ1v) is 10.00. The van der Waals surface area contributed by atoms with E-state index in [1.807, 2.05) is 0 Å². The zero-order valence-corrected chi connectivity index (χ0v) is 17.9. The van der Waals surface area contributed by atoms with Crippen LogP contribution in [0.15, 0.2) is 65.8 Å². The van der Waals surface area contributed by atoms with E-state index in [4.69, 9.17) is 27.9 Å². The van der Waals surface area contributed by atoms with Crippen molar-refractivity contribution in [2.24, 2.45) is 5.10 Å². The van der Waals surface area contributed by atoms with Crippen LogP contribution >= 0.6 is 23.2 Å². The molecule has 0 spiro atoms. The Balaban J connectivity index is 1.62. The second-order valence-corrected chi connectivity index (χ2v) is 7.36. The minimum atomic E-state index is -0.550. The molecule has 0 aliphatic rings. The Morgan fingerprint density at radius 1 is 1.09 bits per heavy atom. The van der Waals surface area contributed by atoms with Crippen molar-refractivity contribution in [3.05, 3.63) is 103 Å². The zero-order valence-electron chi connectivity index (χ0n) is 16.4. The fraction of sp³-hybridized carbons (Fsp3) is 0.0909. The van der Waals surface area contributed by atoms with Crippen molar-refractivity contribution in [1.29, 1.82) is 0 Å². The molecule has 3 aromatic rings. The fourth-order valence-corrected chi connectivity index (χ4v) is 3.40. The largest absolute Gasteiger partial charge is 0.486 e. The molecule has 7 nitrogen and oxygen atoms in total. The van der Waals surface area contributed by atoms with Crippen LogP contribution in [-0.4, -0.2) is 17.0 Å². The molecule has 0 saturated carbocycles. The molecule has 1 amide bonds. The van der Waals surface area contributed by atoms with E-state index >= 15 is 0 Å². The summed E-state index contributed by atoms with van der Waals surface area (Å²) in [5.74, 6) is -0.744. The number of ether oxygens (including phenoxy) is 1. The summed E-state index contributed by atoms with van der Waals surface area (Å²) in [5, 5.41) is 15.2. The normalized spacial score (nSPS) is 10.8. The van der Waals surface area contributed by atoms with Gasteiger partial charge in [0.15, 0.2) is 5.75 Å². The molecule has 10 heteroatoms. The number of carbonyl (C=O) groups is 1. The van der Waals surface area contributed by atoms with Gasteiger partial charge < -0.3 is 4.74 Å². The maximum absolute atomic E-state index is 13.7. The molecular formula is C22H16Cl2FN3O4. The van der Waals surface area contributed by atoms with E-state index in [-0.39, 0.29) is 40.1 Å². The minimum Gasteiger partial charge on any atom is -0.486 e. The number of para-hydroxylation sites is 1. The topological polar surface area (TPSA) is 93.8 Å². The van der Waals surface area contributed by atoms with Crippen LogP contribution in [0.2, 0.25) is 10.0 Å². The van der Waals surface area contributed by atoms with Crippen molar-refractivity contribution in [2.45, 2.75) is 13.0 Å². The lowest BCUT2D eigenvalue weighted by atomic mass is 10.1. The van der Waals surface area contributed by atoms with Crippen molar-refractivity contribution in [3.8, 4) is 5.75 Å². The van der Waals surface area contributed by atoms with Gasteiger partial charge in [0.2, 0.25) is 5.91 Å². The number of rotatable bonds is 8. The van der Waals surface area contributed by atoms with E-state index in [1.54, 1.807) is 24.3 Å². The average Bonchev–Trinajstić information content (AvgIpc) is 2.74. The lowest BCUT2D eigenvalue weighted by Gasteiger charge is -2.11. The Morgan fingerprint density at radius 3 is 2.38 bits per heavy atom. The predicted molar refractivity (Wildman–Crippen MR) is 120 cm³/mol. The molecule has 0 aliphatic carbocycles. The fourth-order valence-electron chi connectivity index (χ4n) is 2.79. The maximum atomic E-state index is 13.7. The summed E-state index contributed by atoms with van der Waals surface area (Å²) in [6.45, 7) is -0.0543. The average molecular weight is 476 g/mol. The van der Waals surface area contributed by atoms with Crippen LogP contribution in [0, 0.1) is 15.9 Å². The van der Waals surface area contributed by atoms with E-state index in [2.05, 4.69) is 10.5 Å². The molecule has 0 fully saturated rings. The number of amides is 1. The van der Waals surface area contributed by atoms with Gasteiger partial charge >= 0.3 is 0 Å². The number of hydrogen-bond acceptors (Lipinski definition) is 5. The van der Waals surface area contributed by atoms with Gasteiger partial charge in [-0.2, -0.15) is 5.10 Å². The summed E-state index contributed by atoms with van der Waals surface area (Å²) in [4.78, 5) is 22.5. The Labute approximate surface area is 192 Å². The standard InChI is InChI=1S/C22H16Cl2FN3O4/c23-17-9-14(10-18(24)22(17)32-13-16-6-1-3-7-19(16)25)12-26-27-21(29)11-15-5-2-4-8-20(15)28(30)31/h1-10,12H,11,13H2,(H,27,29)/b26-12+. The first-order valence-electron chi connectivity index (χ1n) is 9.24. The maximum Gasteiger partial charge on any atom is 0.273 e. The second kappa shape index (κ2) is 10.7. The second-order valence-electron chi connectivity index (χ2n) is 6.55. The quantitative estimate of drug-likeness (QED) is 0.271. The van der Waals surface area contributed by atoms with Gasteiger partial charge in [0.05, 0.1) is 27.6 Å². The van der Waals surface area contributed by atoms with Gasteiger partial charge in [0.25, 0.3) is 5.69 Å². The summed E-state index contributed by atoms with van der Waals surface area (Å²) in [6, 6.07) is 15.2. The molecule has 0 saturated heterocycles. The van der Waals surface area contributed by atoms with Gasteiger partial charge in [-0.3, -0.25) is 14.9 Å². The Morgan fingerprint density at radius 2 is 1.72 bits per heavy atom. The third kappa shape index (κ3) is 6.03. The Bertz CT molecular complexity index is 1160. The summed E-state index contributed by atoms with van der Waals surface area (Å²) >= 11 is 12.4. The molecule has 0 atom stereocenters. The van der Waals surface area contributed by atoms with E-state index in [0.717, 1.165) is 0 Å². The number of nitrogens with one attached hydrogen (secondary N) is 1. The molecule has 0 unspecified atom stereocenters. The number of hydrogen-bond donors (Lipinski definition) is 1. The first kappa shape index (κ1) is 23.2. The number of nitrogens with zero attached hydrogens (tertiary/aromatic N) is 2. The van der Waals surface area contributed by atoms with Crippen molar-refractivity contribution in [2.75, 3.05) is 0 Å². The molecule has 1 N–H and O–H groups in total. The smallest absolute Gasteiger partial charge is 0.273 e. The number of carbonyl (C=O) groups excluding carboxylic acids is 1. The van der Waals surface area contributed by atoms with E-state index < -0.39 is 16.6 Å². The van der Waals surface area contributed by atoms with Crippen LogP contribution in [0.3, 0.4) is 0 Å². The monoisotopic (exact) mass is 475 g/mol. The van der Waals surface area contributed by atoms with Gasteiger partial charge in [0, 0.05) is 17.2 Å². The van der Waals surface area contributed by atoms with Crippen molar-refractivity contribution < 1.29 is 18.8 Å². The van der Waals surface area contributed by atoms with Gasteiger partial charge in [-0.15, -0.1) is 0 Å². The zero-order chi connectivity index (χ0) is 23.1. The highest BCUT2D eigenvalue weighted by Gasteiger charge is 2.15. The highest BCUT2D eigenvalue weighted by Crippen LogP contribution is 2.34. The number of nitro benzene ring substituents is 1. The van der Waals surface area contributed by atoms with Crippen LogP contribution < -0.4 is 10.2 Å². The summed E-state index contributed by atoms with van der Waals surface area (Å²) < 4.78 is 19.3. The summed E-state index contributed by atoms with van der Waals surface area (Å²) in [6.07, 6.45) is 1.11. The molecule has 3 aromatic carbocycles. The molecular weight excluding hydrogens is 460 g/mol. The lowest BCUT2D eigenvalue weighted by Crippen LogP contribution is -2.20. The molecule has 0 aromatic heterocycles. The van der Waals surface area contributed by atoms with E-state index in [9.17, 15) is 19.3 Å². The molecule has 164 valence electrons. The van der Waals surface area contributed by atoms with Crippen LogP contribution in [-0.2, 0) is 17.8 Å². The SMILES string of the molecule is O=C(Cc1ccccc1[N+](=O)[O-])N/N=C/c1cc(Cl)c(OCc2ccccc2F)c(Cl)c1. The molecule has 32 heavy (non-hydrogen) atoms. The van der Waals surface area contributed by atoms with Crippen LogP contribution in [0.5, 0.6) is 5.75 Å². The summed E-state index contributed by atoms with van der Waals surface area (Å²) in [5.41, 5.74) is 3.26. The third-order valence-corrected chi connectivity index (χ3v) is 4.85. The Kier molecular flexibility index (Phi) is 7.75. The summed E-state index contributed by atoms with van der Waals surface area (Å²) in [7, 11) is 0. The van der Waals surface area contributed by atoms with Crippen molar-refractivity contribution in [3.63, 3.8) is 0 Å². The highest BCUT2D eigenvalue weighted by molar-refractivity contribution is 6.37.